The van der Waals surface area contributed by atoms with E-state index in [0.29, 0.717) is 12.3 Å². The van der Waals surface area contributed by atoms with E-state index in [9.17, 15) is 4.79 Å². The minimum absolute atomic E-state index is 0.106. The number of carbonyl (C=O) groups is 1. The van der Waals surface area contributed by atoms with Crippen LogP contribution in [0.4, 0.5) is 0 Å². The summed E-state index contributed by atoms with van der Waals surface area (Å²) in [5, 5.41) is 2.82. The Morgan fingerprint density at radius 1 is 1.39 bits per heavy atom. The molecule has 1 rings (SSSR count). The van der Waals surface area contributed by atoms with Crippen LogP contribution in [0.3, 0.4) is 0 Å². The minimum Gasteiger partial charge on any atom is -0.480 e. The van der Waals surface area contributed by atoms with Crippen LogP contribution in [-0.4, -0.2) is 18.1 Å². The highest BCUT2D eigenvalue weighted by Gasteiger charge is 2.17. The Bertz CT molecular complexity index is 416. The molecule has 0 aliphatic heterocycles. The minimum atomic E-state index is -0.529. The second-order valence-electron chi connectivity index (χ2n) is 4.69. The molecule has 4 nitrogen and oxygen atoms in total. The molecular weight excluding hydrogens is 228 g/mol. The molecule has 100 valence electrons. The fraction of sp³-hybridized carbons (Fsp3) is 0.500. The Kier molecular flexibility index (Phi) is 5.16. The largest absolute Gasteiger partial charge is 0.480 e. The van der Waals surface area contributed by atoms with Gasteiger partial charge in [0.1, 0.15) is 5.75 Å². The van der Waals surface area contributed by atoms with E-state index in [1.165, 1.54) is 0 Å². The number of benzene rings is 1. The number of nitrogens with two attached hydrogens (primary N) is 1. The number of rotatable bonds is 5. The van der Waals surface area contributed by atoms with Gasteiger partial charge >= 0.3 is 0 Å². The van der Waals surface area contributed by atoms with Crippen LogP contribution < -0.4 is 15.8 Å². The van der Waals surface area contributed by atoms with Crippen molar-refractivity contribution >= 4 is 5.91 Å². The molecule has 0 saturated carbocycles. The molecule has 0 heterocycles. The summed E-state index contributed by atoms with van der Waals surface area (Å²) < 4.78 is 5.74. The summed E-state index contributed by atoms with van der Waals surface area (Å²) in [7, 11) is 0. The van der Waals surface area contributed by atoms with Crippen molar-refractivity contribution in [3.63, 3.8) is 0 Å². The maximum atomic E-state index is 11.8. The maximum Gasteiger partial charge on any atom is 0.260 e. The van der Waals surface area contributed by atoms with Crippen LogP contribution in [0.2, 0.25) is 0 Å². The zero-order valence-corrected chi connectivity index (χ0v) is 11.5. The number of hydrogen-bond acceptors (Lipinski definition) is 3. The third-order valence-corrected chi connectivity index (χ3v) is 2.61. The van der Waals surface area contributed by atoms with Gasteiger partial charge in [-0.2, -0.15) is 0 Å². The zero-order valence-electron chi connectivity index (χ0n) is 11.5. The van der Waals surface area contributed by atoms with Crippen LogP contribution >= 0.6 is 0 Å². The highest BCUT2D eigenvalue weighted by molar-refractivity contribution is 5.81. The van der Waals surface area contributed by atoms with Gasteiger partial charge in [-0.3, -0.25) is 4.79 Å². The third-order valence-electron chi connectivity index (χ3n) is 2.61. The van der Waals surface area contributed by atoms with Crippen LogP contribution in [-0.2, 0) is 11.3 Å². The highest BCUT2D eigenvalue weighted by Crippen LogP contribution is 2.24. The van der Waals surface area contributed by atoms with Crippen molar-refractivity contribution in [3.05, 3.63) is 29.3 Å². The molecule has 1 amide bonds. The van der Waals surface area contributed by atoms with Crippen molar-refractivity contribution in [1.29, 1.82) is 0 Å². The first kappa shape index (κ1) is 14.5. The number of aryl methyl sites for hydroxylation is 1. The monoisotopic (exact) mass is 250 g/mol. The van der Waals surface area contributed by atoms with Gasteiger partial charge in [0.2, 0.25) is 0 Å². The van der Waals surface area contributed by atoms with Crippen LogP contribution in [0.15, 0.2) is 18.2 Å². The number of amides is 1. The molecule has 18 heavy (non-hydrogen) atoms. The van der Waals surface area contributed by atoms with Crippen molar-refractivity contribution in [2.45, 2.75) is 46.4 Å². The summed E-state index contributed by atoms with van der Waals surface area (Å²) >= 11 is 0. The van der Waals surface area contributed by atoms with Gasteiger partial charge in [0.15, 0.2) is 6.10 Å². The van der Waals surface area contributed by atoms with Crippen molar-refractivity contribution in [1.82, 2.24) is 5.32 Å². The summed E-state index contributed by atoms with van der Waals surface area (Å²) in [6.07, 6.45) is -0.529. The topological polar surface area (TPSA) is 64.3 Å². The van der Waals surface area contributed by atoms with Gasteiger partial charge in [0.05, 0.1) is 0 Å². The van der Waals surface area contributed by atoms with Crippen LogP contribution in [0.25, 0.3) is 0 Å². The second kappa shape index (κ2) is 6.40. The smallest absolute Gasteiger partial charge is 0.260 e. The van der Waals surface area contributed by atoms with E-state index >= 15 is 0 Å². The summed E-state index contributed by atoms with van der Waals surface area (Å²) in [6, 6.07) is 5.90. The van der Waals surface area contributed by atoms with Gasteiger partial charge in [-0.1, -0.05) is 18.2 Å². The molecule has 0 aliphatic carbocycles. The third kappa shape index (κ3) is 3.74. The lowest BCUT2D eigenvalue weighted by atomic mass is 10.1. The lowest BCUT2D eigenvalue weighted by molar-refractivity contribution is -0.127. The van der Waals surface area contributed by atoms with E-state index < -0.39 is 6.10 Å². The molecule has 0 aromatic heterocycles. The summed E-state index contributed by atoms with van der Waals surface area (Å²) in [5.41, 5.74) is 7.58. The molecule has 1 aromatic carbocycles. The summed E-state index contributed by atoms with van der Waals surface area (Å²) in [6.45, 7) is 7.93. The first-order valence-corrected chi connectivity index (χ1v) is 6.21. The van der Waals surface area contributed by atoms with E-state index in [2.05, 4.69) is 5.32 Å². The van der Waals surface area contributed by atoms with Gasteiger partial charge in [-0.25, -0.2) is 0 Å². The van der Waals surface area contributed by atoms with Crippen molar-refractivity contribution < 1.29 is 9.53 Å². The molecule has 1 aromatic rings. The molecule has 3 N–H and O–H groups in total. The number of para-hydroxylation sites is 1. The molecule has 0 radical (unpaired) electrons. The van der Waals surface area contributed by atoms with Gasteiger partial charge < -0.3 is 15.8 Å². The number of ether oxygens (including phenoxy) is 1. The first-order valence-electron chi connectivity index (χ1n) is 6.21. The lowest BCUT2D eigenvalue weighted by Gasteiger charge is -2.19. The van der Waals surface area contributed by atoms with Crippen LogP contribution in [0.1, 0.15) is 31.9 Å². The number of nitrogens with one attached hydrogen (secondary N) is 1. The Balaban J connectivity index is 2.81. The normalized spacial score (nSPS) is 12.3. The van der Waals surface area contributed by atoms with E-state index in [1.807, 2.05) is 39.0 Å². The molecule has 0 spiro atoms. The van der Waals surface area contributed by atoms with E-state index in [1.54, 1.807) is 6.92 Å². The SMILES string of the molecule is Cc1cccc(CN)c1OC(C)C(=O)NC(C)C. The molecule has 1 atom stereocenters. The van der Waals surface area contributed by atoms with E-state index in [0.717, 1.165) is 11.1 Å². The molecule has 0 bridgehead atoms. The van der Waals surface area contributed by atoms with E-state index in [4.69, 9.17) is 10.5 Å². The van der Waals surface area contributed by atoms with E-state index in [-0.39, 0.29) is 11.9 Å². The van der Waals surface area contributed by atoms with Crippen LogP contribution in [0.5, 0.6) is 5.75 Å². The molecular formula is C14H22N2O2. The van der Waals surface area contributed by atoms with Gasteiger partial charge in [0, 0.05) is 18.2 Å². The quantitative estimate of drug-likeness (QED) is 0.836. The second-order valence-corrected chi connectivity index (χ2v) is 4.69. The van der Waals surface area contributed by atoms with Crippen molar-refractivity contribution in [3.8, 4) is 5.75 Å². The average Bonchev–Trinajstić information content (AvgIpc) is 2.30. The summed E-state index contributed by atoms with van der Waals surface area (Å²) in [4.78, 5) is 11.8. The Morgan fingerprint density at radius 2 is 2.06 bits per heavy atom. The number of hydrogen-bond donors (Lipinski definition) is 2. The fourth-order valence-electron chi connectivity index (χ4n) is 1.67. The summed E-state index contributed by atoms with van der Waals surface area (Å²) in [5.74, 6) is 0.600. The van der Waals surface area contributed by atoms with Gasteiger partial charge in [-0.05, 0) is 33.3 Å². The van der Waals surface area contributed by atoms with Crippen molar-refractivity contribution in [2.24, 2.45) is 5.73 Å². The van der Waals surface area contributed by atoms with Gasteiger partial charge in [0.25, 0.3) is 5.91 Å². The molecule has 4 heteroatoms. The van der Waals surface area contributed by atoms with Gasteiger partial charge in [-0.15, -0.1) is 0 Å². The maximum absolute atomic E-state index is 11.8. The predicted molar refractivity (Wildman–Crippen MR) is 72.4 cm³/mol. The standard InChI is InChI=1S/C14H22N2O2/c1-9(2)16-14(17)11(4)18-13-10(3)6-5-7-12(13)8-15/h5-7,9,11H,8,15H2,1-4H3,(H,16,17). The highest BCUT2D eigenvalue weighted by atomic mass is 16.5. The molecule has 0 fully saturated rings. The zero-order chi connectivity index (χ0) is 13.7. The Morgan fingerprint density at radius 3 is 2.61 bits per heavy atom. The Labute approximate surface area is 109 Å². The molecule has 0 saturated heterocycles. The predicted octanol–water partition coefficient (Wildman–Crippen LogP) is 1.75. The fourth-order valence-corrected chi connectivity index (χ4v) is 1.67. The lowest BCUT2D eigenvalue weighted by Crippen LogP contribution is -2.40. The molecule has 0 aliphatic rings. The van der Waals surface area contributed by atoms with Crippen molar-refractivity contribution in [2.75, 3.05) is 0 Å². The molecule has 1 unspecified atom stereocenters. The Hall–Kier alpha value is -1.55. The number of carbonyl (C=O) groups excluding carboxylic acids is 1. The van der Waals surface area contributed by atoms with Crippen LogP contribution in [0, 0.1) is 6.92 Å². The first-order chi connectivity index (χ1) is 8.45. The average molecular weight is 250 g/mol.